The predicted octanol–water partition coefficient (Wildman–Crippen LogP) is 1.05. The van der Waals surface area contributed by atoms with Crippen molar-refractivity contribution in [2.45, 2.75) is 20.0 Å². The molecule has 5 nitrogen and oxygen atoms in total. The van der Waals surface area contributed by atoms with Crippen molar-refractivity contribution in [2.75, 3.05) is 0 Å². The maximum Gasteiger partial charge on any atom is 0.267 e. The van der Waals surface area contributed by atoms with Crippen LogP contribution in [-0.2, 0) is 13.1 Å². The van der Waals surface area contributed by atoms with Crippen LogP contribution >= 0.6 is 22.6 Å². The van der Waals surface area contributed by atoms with Gasteiger partial charge in [-0.2, -0.15) is 5.10 Å². The summed E-state index contributed by atoms with van der Waals surface area (Å²) in [6.45, 7) is 3.10. The maximum atomic E-state index is 11.8. The van der Waals surface area contributed by atoms with Crippen LogP contribution in [0.3, 0.4) is 0 Å². The van der Waals surface area contributed by atoms with Crippen molar-refractivity contribution in [3.63, 3.8) is 0 Å². The molecule has 0 amide bonds. The van der Waals surface area contributed by atoms with Crippen molar-refractivity contribution in [1.29, 1.82) is 0 Å². The Balaban J connectivity index is 2.17. The van der Waals surface area contributed by atoms with Gasteiger partial charge in [-0.05, 0) is 35.6 Å². The van der Waals surface area contributed by atoms with Crippen molar-refractivity contribution < 1.29 is 0 Å². The first-order valence-corrected chi connectivity index (χ1v) is 5.95. The highest BCUT2D eigenvalue weighted by atomic mass is 127. The van der Waals surface area contributed by atoms with Gasteiger partial charge < -0.3 is 0 Å². The van der Waals surface area contributed by atoms with Crippen LogP contribution in [0.2, 0.25) is 0 Å². The van der Waals surface area contributed by atoms with Gasteiger partial charge in [-0.1, -0.05) is 0 Å². The van der Waals surface area contributed by atoms with E-state index in [9.17, 15) is 4.79 Å². The molecule has 6 heteroatoms. The van der Waals surface area contributed by atoms with Crippen molar-refractivity contribution in [3.8, 4) is 0 Å². The zero-order chi connectivity index (χ0) is 11.5. The Morgan fingerprint density at radius 1 is 1.44 bits per heavy atom. The lowest BCUT2D eigenvalue weighted by molar-refractivity contribution is 0.516. The largest absolute Gasteiger partial charge is 0.296 e. The smallest absolute Gasteiger partial charge is 0.267 e. The summed E-state index contributed by atoms with van der Waals surface area (Å²) in [6, 6.07) is 1.86. The van der Waals surface area contributed by atoms with Gasteiger partial charge in [-0.25, -0.2) is 4.98 Å². The van der Waals surface area contributed by atoms with E-state index in [4.69, 9.17) is 0 Å². The summed E-state index contributed by atoms with van der Waals surface area (Å²) in [6.07, 6.45) is 5.18. The van der Waals surface area contributed by atoms with E-state index in [1.807, 2.05) is 41.8 Å². The van der Waals surface area contributed by atoms with Gasteiger partial charge >= 0.3 is 0 Å². The molecule has 0 N–H and O–H groups in total. The molecule has 0 aliphatic rings. The van der Waals surface area contributed by atoms with Crippen molar-refractivity contribution >= 4 is 22.6 Å². The van der Waals surface area contributed by atoms with Crippen LogP contribution in [0.15, 0.2) is 29.6 Å². The lowest BCUT2D eigenvalue weighted by atomic mass is 10.4. The third-order valence-corrected chi connectivity index (χ3v) is 3.53. The molecule has 0 saturated carbocycles. The van der Waals surface area contributed by atoms with E-state index in [0.29, 0.717) is 16.7 Å². The first-order valence-electron chi connectivity index (χ1n) is 4.87. The molecule has 0 atom stereocenters. The molecular weight excluding hydrogens is 319 g/mol. The number of hydrogen-bond donors (Lipinski definition) is 0. The van der Waals surface area contributed by atoms with Crippen LogP contribution in [0.1, 0.15) is 5.69 Å². The molecule has 2 aromatic heterocycles. The van der Waals surface area contributed by atoms with Crippen LogP contribution < -0.4 is 5.56 Å². The number of aromatic nitrogens is 4. The average Bonchev–Trinajstić information content (AvgIpc) is 2.78. The topological polar surface area (TPSA) is 52.7 Å². The number of rotatable bonds is 3. The Morgan fingerprint density at radius 3 is 2.94 bits per heavy atom. The Kier molecular flexibility index (Phi) is 3.37. The van der Waals surface area contributed by atoms with Crippen molar-refractivity contribution in [3.05, 3.63) is 44.4 Å². The first kappa shape index (κ1) is 11.3. The summed E-state index contributed by atoms with van der Waals surface area (Å²) in [7, 11) is 0. The zero-order valence-electron chi connectivity index (χ0n) is 8.80. The van der Waals surface area contributed by atoms with Gasteiger partial charge in [0.25, 0.3) is 5.56 Å². The van der Waals surface area contributed by atoms with E-state index < -0.39 is 0 Å². The second kappa shape index (κ2) is 4.77. The summed E-state index contributed by atoms with van der Waals surface area (Å²) in [5, 5.41) is 4.08. The lowest BCUT2D eigenvalue weighted by Crippen LogP contribution is -2.25. The Hall–Kier alpha value is -1.18. The van der Waals surface area contributed by atoms with Gasteiger partial charge in [0, 0.05) is 18.9 Å². The second-order valence-electron chi connectivity index (χ2n) is 3.41. The highest BCUT2D eigenvalue weighted by molar-refractivity contribution is 14.1. The van der Waals surface area contributed by atoms with E-state index in [-0.39, 0.29) is 5.56 Å². The summed E-state index contributed by atoms with van der Waals surface area (Å²) in [5.41, 5.74) is 0.793. The molecular formula is C10H11IN4O. The molecule has 0 aliphatic heterocycles. The van der Waals surface area contributed by atoms with Gasteiger partial charge in [0.15, 0.2) is 0 Å². The normalized spacial score (nSPS) is 10.6. The average molecular weight is 330 g/mol. The first-order chi connectivity index (χ1) is 7.68. The Labute approximate surface area is 106 Å². The van der Waals surface area contributed by atoms with Crippen molar-refractivity contribution in [2.24, 2.45) is 0 Å². The van der Waals surface area contributed by atoms with Crippen LogP contribution in [0.5, 0.6) is 0 Å². The van der Waals surface area contributed by atoms with Gasteiger partial charge in [-0.3, -0.25) is 14.0 Å². The van der Waals surface area contributed by atoms with E-state index in [1.54, 1.807) is 21.8 Å². The van der Waals surface area contributed by atoms with Crippen molar-refractivity contribution in [1.82, 2.24) is 19.3 Å². The van der Waals surface area contributed by atoms with Gasteiger partial charge in [0.1, 0.15) is 0 Å². The van der Waals surface area contributed by atoms with Crippen LogP contribution in [0.4, 0.5) is 0 Å². The molecule has 0 aromatic carbocycles. The van der Waals surface area contributed by atoms with Crippen LogP contribution in [0, 0.1) is 10.5 Å². The molecule has 2 rings (SSSR count). The van der Waals surface area contributed by atoms with E-state index >= 15 is 0 Å². The van der Waals surface area contributed by atoms with Crippen LogP contribution in [-0.4, -0.2) is 19.3 Å². The molecule has 16 heavy (non-hydrogen) atoms. The molecule has 0 bridgehead atoms. The fourth-order valence-electron chi connectivity index (χ4n) is 1.35. The summed E-state index contributed by atoms with van der Waals surface area (Å²) in [4.78, 5) is 16.0. The summed E-state index contributed by atoms with van der Waals surface area (Å²) in [5.74, 6) is 0. The molecule has 2 heterocycles. The standard InChI is InChI=1S/C10H11IN4O/c1-8-9(11)10(16)14(7-12-8)5-6-15-4-2-3-13-15/h2-4,7H,5-6H2,1H3. The van der Waals surface area contributed by atoms with E-state index in [2.05, 4.69) is 10.1 Å². The van der Waals surface area contributed by atoms with E-state index in [0.717, 1.165) is 5.69 Å². The number of aryl methyl sites for hydroxylation is 3. The predicted molar refractivity (Wildman–Crippen MR) is 68.2 cm³/mol. The summed E-state index contributed by atoms with van der Waals surface area (Å²) < 4.78 is 4.08. The fourth-order valence-corrected chi connectivity index (χ4v) is 1.80. The number of hydrogen-bond acceptors (Lipinski definition) is 3. The zero-order valence-corrected chi connectivity index (χ0v) is 11.0. The molecule has 0 fully saturated rings. The third-order valence-electron chi connectivity index (χ3n) is 2.29. The third kappa shape index (κ3) is 2.31. The highest BCUT2D eigenvalue weighted by Gasteiger charge is 2.04. The fraction of sp³-hybridized carbons (Fsp3) is 0.300. The number of nitrogens with zero attached hydrogens (tertiary/aromatic N) is 4. The molecule has 2 aromatic rings. The van der Waals surface area contributed by atoms with Gasteiger partial charge in [0.05, 0.1) is 22.1 Å². The van der Waals surface area contributed by atoms with Gasteiger partial charge in [0.2, 0.25) is 0 Å². The second-order valence-corrected chi connectivity index (χ2v) is 4.49. The minimum atomic E-state index is 0.0141. The van der Waals surface area contributed by atoms with Gasteiger partial charge in [-0.15, -0.1) is 0 Å². The monoisotopic (exact) mass is 330 g/mol. The lowest BCUT2D eigenvalue weighted by Gasteiger charge is -2.06. The molecule has 0 aliphatic carbocycles. The minimum absolute atomic E-state index is 0.0141. The van der Waals surface area contributed by atoms with Crippen LogP contribution in [0.25, 0.3) is 0 Å². The molecule has 0 saturated heterocycles. The SMILES string of the molecule is Cc1ncn(CCn2cccn2)c(=O)c1I. The molecule has 0 radical (unpaired) electrons. The Bertz CT molecular complexity index is 532. The molecule has 0 spiro atoms. The van der Waals surface area contributed by atoms with E-state index in [1.165, 1.54) is 0 Å². The molecule has 0 unspecified atom stereocenters. The molecule has 84 valence electrons. The maximum absolute atomic E-state index is 11.8. The highest BCUT2D eigenvalue weighted by Crippen LogP contribution is 2.01. The Morgan fingerprint density at radius 2 is 2.25 bits per heavy atom. The minimum Gasteiger partial charge on any atom is -0.296 e. The summed E-state index contributed by atoms with van der Waals surface area (Å²) >= 11 is 2.03. The number of halogens is 1. The quantitative estimate of drug-likeness (QED) is 0.791.